The molecule has 0 unspecified atom stereocenters. The zero-order valence-corrected chi connectivity index (χ0v) is 10.8. The molecule has 5 heteroatoms. The summed E-state index contributed by atoms with van der Waals surface area (Å²) in [6.07, 6.45) is 1.75. The van der Waals surface area contributed by atoms with Gasteiger partial charge in [0, 0.05) is 6.20 Å². The summed E-state index contributed by atoms with van der Waals surface area (Å²) in [5.74, 6) is 1.55. The number of aromatic nitrogens is 3. The van der Waals surface area contributed by atoms with Crippen LogP contribution in [-0.4, -0.2) is 22.3 Å². The molecule has 5 nitrogen and oxygen atoms in total. The number of hydrogen-bond donors (Lipinski definition) is 2. The fraction of sp³-hybridized carbons (Fsp3) is 0.143. The van der Waals surface area contributed by atoms with Crippen LogP contribution in [0.25, 0.3) is 10.9 Å². The molecule has 0 fully saturated rings. The molecule has 96 valence electrons. The first-order chi connectivity index (χ1) is 9.29. The van der Waals surface area contributed by atoms with Crippen LogP contribution in [0.4, 0.5) is 11.5 Å². The van der Waals surface area contributed by atoms with Crippen molar-refractivity contribution in [1.82, 2.24) is 15.2 Å². The number of rotatable bonds is 3. The van der Waals surface area contributed by atoms with Gasteiger partial charge in [-0.15, -0.1) is 0 Å². The highest BCUT2D eigenvalue weighted by molar-refractivity contribution is 5.93. The van der Waals surface area contributed by atoms with E-state index in [1.807, 2.05) is 37.3 Å². The molecule has 0 aliphatic carbocycles. The van der Waals surface area contributed by atoms with Gasteiger partial charge in [0.15, 0.2) is 0 Å². The van der Waals surface area contributed by atoms with Crippen molar-refractivity contribution in [3.63, 3.8) is 0 Å². The van der Waals surface area contributed by atoms with Gasteiger partial charge in [-0.3, -0.25) is 5.10 Å². The average Bonchev–Trinajstić information content (AvgIpc) is 2.82. The van der Waals surface area contributed by atoms with Gasteiger partial charge in [0.2, 0.25) is 0 Å². The predicted molar refractivity (Wildman–Crippen MR) is 74.9 cm³/mol. The third kappa shape index (κ3) is 1.99. The van der Waals surface area contributed by atoms with Crippen LogP contribution in [0.5, 0.6) is 5.75 Å². The Balaban J connectivity index is 2.08. The Morgan fingerprint density at radius 1 is 1.21 bits per heavy atom. The highest BCUT2D eigenvalue weighted by Crippen LogP contribution is 2.30. The average molecular weight is 254 g/mol. The summed E-state index contributed by atoms with van der Waals surface area (Å²) in [6.45, 7) is 1.95. The first kappa shape index (κ1) is 11.5. The molecule has 2 N–H and O–H groups in total. The summed E-state index contributed by atoms with van der Waals surface area (Å²) in [5, 5.41) is 11.5. The van der Waals surface area contributed by atoms with Crippen molar-refractivity contribution in [3.8, 4) is 5.75 Å². The van der Waals surface area contributed by atoms with E-state index in [0.717, 1.165) is 33.9 Å². The molecule has 19 heavy (non-hydrogen) atoms. The SMILES string of the molecule is COc1ccccc1Nc1nccc2[nH]nc(C)c12. The number of fused-ring (bicyclic) bond motifs is 1. The van der Waals surface area contributed by atoms with Gasteiger partial charge in [-0.25, -0.2) is 4.98 Å². The van der Waals surface area contributed by atoms with E-state index in [4.69, 9.17) is 4.74 Å². The summed E-state index contributed by atoms with van der Waals surface area (Å²) in [5.41, 5.74) is 2.76. The van der Waals surface area contributed by atoms with Gasteiger partial charge in [-0.1, -0.05) is 12.1 Å². The third-order valence-electron chi connectivity index (χ3n) is 3.02. The number of pyridine rings is 1. The molecule has 0 aliphatic heterocycles. The van der Waals surface area contributed by atoms with E-state index in [1.54, 1.807) is 13.3 Å². The monoisotopic (exact) mass is 254 g/mol. The number of nitrogens with zero attached hydrogens (tertiary/aromatic N) is 2. The van der Waals surface area contributed by atoms with E-state index < -0.39 is 0 Å². The van der Waals surface area contributed by atoms with E-state index in [9.17, 15) is 0 Å². The van der Waals surface area contributed by atoms with Gasteiger partial charge >= 0.3 is 0 Å². The molecule has 0 amide bonds. The standard InChI is InChI=1S/C14H14N4O/c1-9-13-11(18-17-9)7-8-15-14(13)16-10-5-3-4-6-12(10)19-2/h3-8H,1-2H3,(H,15,16)(H,17,18). The molecule has 0 saturated heterocycles. The molecule has 0 atom stereocenters. The largest absolute Gasteiger partial charge is 0.495 e. The number of aromatic amines is 1. The molecular weight excluding hydrogens is 240 g/mol. The van der Waals surface area contributed by atoms with Crippen molar-refractivity contribution in [2.45, 2.75) is 6.92 Å². The van der Waals surface area contributed by atoms with Crippen molar-refractivity contribution in [3.05, 3.63) is 42.2 Å². The fourth-order valence-electron chi connectivity index (χ4n) is 2.09. The Kier molecular flexibility index (Phi) is 2.79. The second kappa shape index (κ2) is 4.61. The number of anilines is 2. The molecule has 0 aliphatic rings. The van der Waals surface area contributed by atoms with Gasteiger partial charge in [0.25, 0.3) is 0 Å². The van der Waals surface area contributed by atoms with Crippen LogP contribution in [0, 0.1) is 6.92 Å². The Hall–Kier alpha value is -2.56. The number of methoxy groups -OCH3 is 1. The molecule has 2 heterocycles. The number of aryl methyl sites for hydroxylation is 1. The van der Waals surface area contributed by atoms with Crippen molar-refractivity contribution in [2.75, 3.05) is 12.4 Å². The maximum atomic E-state index is 5.33. The number of H-pyrrole nitrogens is 1. The van der Waals surface area contributed by atoms with Gasteiger partial charge in [-0.05, 0) is 25.1 Å². The normalized spacial score (nSPS) is 10.6. The minimum atomic E-state index is 0.772. The van der Waals surface area contributed by atoms with Crippen LogP contribution in [0.2, 0.25) is 0 Å². The summed E-state index contributed by atoms with van der Waals surface area (Å²) < 4.78 is 5.33. The number of hydrogen-bond acceptors (Lipinski definition) is 4. The first-order valence-corrected chi connectivity index (χ1v) is 5.99. The van der Waals surface area contributed by atoms with E-state index >= 15 is 0 Å². The van der Waals surface area contributed by atoms with Crippen LogP contribution < -0.4 is 10.1 Å². The van der Waals surface area contributed by atoms with Crippen LogP contribution in [0.3, 0.4) is 0 Å². The summed E-state index contributed by atoms with van der Waals surface area (Å²) in [4.78, 5) is 4.38. The Labute approximate surface area is 110 Å². The topological polar surface area (TPSA) is 62.8 Å². The van der Waals surface area contributed by atoms with Crippen LogP contribution in [0.1, 0.15) is 5.69 Å². The lowest BCUT2D eigenvalue weighted by Gasteiger charge is -2.10. The van der Waals surface area contributed by atoms with Crippen molar-refractivity contribution in [2.24, 2.45) is 0 Å². The number of para-hydroxylation sites is 2. The lowest BCUT2D eigenvalue weighted by molar-refractivity contribution is 0.417. The van der Waals surface area contributed by atoms with E-state index in [0.29, 0.717) is 0 Å². The predicted octanol–water partition coefficient (Wildman–Crippen LogP) is 3.02. The van der Waals surface area contributed by atoms with Crippen LogP contribution in [-0.2, 0) is 0 Å². The zero-order chi connectivity index (χ0) is 13.2. The Morgan fingerprint density at radius 3 is 2.89 bits per heavy atom. The minimum Gasteiger partial charge on any atom is -0.495 e. The molecular formula is C14H14N4O. The molecule has 1 aromatic carbocycles. The molecule has 0 saturated carbocycles. The maximum absolute atomic E-state index is 5.33. The maximum Gasteiger partial charge on any atom is 0.142 e. The molecule has 0 radical (unpaired) electrons. The molecule has 3 aromatic rings. The van der Waals surface area contributed by atoms with Crippen LogP contribution >= 0.6 is 0 Å². The minimum absolute atomic E-state index is 0.772. The second-order valence-corrected chi connectivity index (χ2v) is 4.22. The lowest BCUT2D eigenvalue weighted by atomic mass is 10.2. The van der Waals surface area contributed by atoms with E-state index in [-0.39, 0.29) is 0 Å². The van der Waals surface area contributed by atoms with Gasteiger partial charge in [-0.2, -0.15) is 5.10 Å². The summed E-state index contributed by atoms with van der Waals surface area (Å²) in [7, 11) is 1.65. The lowest BCUT2D eigenvalue weighted by Crippen LogP contribution is -1.97. The smallest absolute Gasteiger partial charge is 0.142 e. The third-order valence-corrected chi connectivity index (χ3v) is 3.02. The summed E-state index contributed by atoms with van der Waals surface area (Å²) >= 11 is 0. The Bertz CT molecular complexity index is 720. The van der Waals surface area contributed by atoms with Crippen LogP contribution in [0.15, 0.2) is 36.5 Å². The first-order valence-electron chi connectivity index (χ1n) is 5.99. The van der Waals surface area contributed by atoms with Crippen molar-refractivity contribution < 1.29 is 4.74 Å². The van der Waals surface area contributed by atoms with Gasteiger partial charge in [0.05, 0.1) is 29.4 Å². The van der Waals surface area contributed by atoms with Gasteiger partial charge in [0.1, 0.15) is 11.6 Å². The van der Waals surface area contributed by atoms with Gasteiger partial charge < -0.3 is 10.1 Å². The number of ether oxygens (including phenoxy) is 1. The molecule has 3 rings (SSSR count). The van der Waals surface area contributed by atoms with Crippen molar-refractivity contribution in [1.29, 1.82) is 0 Å². The second-order valence-electron chi connectivity index (χ2n) is 4.22. The van der Waals surface area contributed by atoms with E-state index in [2.05, 4.69) is 20.5 Å². The summed E-state index contributed by atoms with van der Waals surface area (Å²) in [6, 6.07) is 9.65. The fourth-order valence-corrected chi connectivity index (χ4v) is 2.09. The number of nitrogens with one attached hydrogen (secondary N) is 2. The quantitative estimate of drug-likeness (QED) is 0.754. The molecule has 0 bridgehead atoms. The highest BCUT2D eigenvalue weighted by atomic mass is 16.5. The molecule has 2 aromatic heterocycles. The van der Waals surface area contributed by atoms with E-state index in [1.165, 1.54) is 0 Å². The Morgan fingerprint density at radius 2 is 2.05 bits per heavy atom. The molecule has 0 spiro atoms. The highest BCUT2D eigenvalue weighted by Gasteiger charge is 2.10. The number of benzene rings is 1. The zero-order valence-electron chi connectivity index (χ0n) is 10.8. The van der Waals surface area contributed by atoms with Crippen molar-refractivity contribution >= 4 is 22.4 Å².